The molecule has 0 amide bonds. The van der Waals surface area contributed by atoms with Crippen molar-refractivity contribution in [1.82, 2.24) is 15.3 Å². The number of imidazole rings is 1. The Labute approximate surface area is 95.9 Å². The maximum atomic E-state index is 4.30. The molecule has 16 heavy (non-hydrogen) atoms. The van der Waals surface area contributed by atoms with Gasteiger partial charge < -0.3 is 10.3 Å². The molecule has 2 N–H and O–H groups in total. The van der Waals surface area contributed by atoms with E-state index in [0.717, 1.165) is 12.2 Å². The van der Waals surface area contributed by atoms with Gasteiger partial charge in [-0.3, -0.25) is 0 Å². The van der Waals surface area contributed by atoms with Crippen molar-refractivity contribution in [3.8, 4) is 0 Å². The molecule has 0 aliphatic carbocycles. The van der Waals surface area contributed by atoms with E-state index in [4.69, 9.17) is 0 Å². The Balaban J connectivity index is 2.17. The monoisotopic (exact) mass is 215 g/mol. The number of aryl methyl sites for hydroxylation is 1. The zero-order chi connectivity index (χ0) is 11.4. The van der Waals surface area contributed by atoms with E-state index < -0.39 is 0 Å². The van der Waals surface area contributed by atoms with Crippen molar-refractivity contribution in [2.75, 3.05) is 7.05 Å². The van der Waals surface area contributed by atoms with E-state index >= 15 is 0 Å². The molecule has 1 heterocycles. The zero-order valence-corrected chi connectivity index (χ0v) is 9.70. The molecule has 0 bridgehead atoms. The number of nitrogens with one attached hydrogen (secondary N) is 2. The number of benzene rings is 1. The Morgan fingerprint density at radius 1 is 1.38 bits per heavy atom. The highest BCUT2D eigenvalue weighted by molar-refractivity contribution is 5.27. The van der Waals surface area contributed by atoms with E-state index in [2.05, 4.69) is 46.5 Å². The van der Waals surface area contributed by atoms with E-state index in [0.29, 0.717) is 0 Å². The lowest BCUT2D eigenvalue weighted by Gasteiger charge is -2.15. The van der Waals surface area contributed by atoms with Crippen molar-refractivity contribution < 1.29 is 0 Å². The first kappa shape index (κ1) is 10.9. The first-order valence-electron chi connectivity index (χ1n) is 5.52. The van der Waals surface area contributed by atoms with Crippen molar-refractivity contribution in [2.45, 2.75) is 19.4 Å². The number of aromatic nitrogens is 2. The molecule has 3 nitrogen and oxygen atoms in total. The molecule has 0 spiro atoms. The molecule has 84 valence electrons. The fourth-order valence-corrected chi connectivity index (χ4v) is 1.86. The van der Waals surface area contributed by atoms with Gasteiger partial charge in [-0.1, -0.05) is 24.3 Å². The van der Waals surface area contributed by atoms with Gasteiger partial charge in [-0.05, 0) is 31.5 Å². The Bertz CT molecular complexity index is 434. The lowest BCUT2D eigenvalue weighted by molar-refractivity contribution is 0.562. The second-order valence-electron chi connectivity index (χ2n) is 3.95. The van der Waals surface area contributed by atoms with Gasteiger partial charge in [0.25, 0.3) is 0 Å². The highest BCUT2D eigenvalue weighted by atomic mass is 15.0. The summed E-state index contributed by atoms with van der Waals surface area (Å²) in [5, 5.41) is 3.29. The van der Waals surface area contributed by atoms with E-state index in [1.54, 1.807) is 6.20 Å². The quantitative estimate of drug-likeness (QED) is 0.821. The highest BCUT2D eigenvalue weighted by Gasteiger charge is 2.12. The van der Waals surface area contributed by atoms with Gasteiger partial charge in [-0.15, -0.1) is 0 Å². The first-order chi connectivity index (χ1) is 7.81. The van der Waals surface area contributed by atoms with Gasteiger partial charge in [0.15, 0.2) is 0 Å². The van der Waals surface area contributed by atoms with Crippen LogP contribution in [0.2, 0.25) is 0 Å². The predicted octanol–water partition coefficient (Wildman–Crippen LogP) is 2.22. The average molecular weight is 215 g/mol. The van der Waals surface area contributed by atoms with E-state index in [1.165, 1.54) is 11.1 Å². The maximum Gasteiger partial charge on any atom is 0.123 e. The molecule has 3 heteroatoms. The number of rotatable bonds is 4. The summed E-state index contributed by atoms with van der Waals surface area (Å²) in [5.41, 5.74) is 2.69. The minimum Gasteiger partial charge on any atom is -0.347 e. The minimum absolute atomic E-state index is 0.246. The molecule has 1 aromatic heterocycles. The summed E-state index contributed by atoms with van der Waals surface area (Å²) in [6.45, 7) is 2.14. The second kappa shape index (κ2) is 4.94. The van der Waals surface area contributed by atoms with Crippen molar-refractivity contribution in [1.29, 1.82) is 0 Å². The van der Waals surface area contributed by atoms with Crippen LogP contribution < -0.4 is 5.32 Å². The number of likely N-dealkylation sites (N-methyl/N-ethyl adjacent to an activating group) is 1. The zero-order valence-electron chi connectivity index (χ0n) is 9.70. The molecular weight excluding hydrogens is 198 g/mol. The normalized spacial score (nSPS) is 12.6. The van der Waals surface area contributed by atoms with Crippen LogP contribution in [0.3, 0.4) is 0 Å². The van der Waals surface area contributed by atoms with Crippen molar-refractivity contribution in [3.05, 3.63) is 53.6 Å². The number of aromatic amines is 1. The van der Waals surface area contributed by atoms with Gasteiger partial charge in [0.05, 0.1) is 6.04 Å². The van der Waals surface area contributed by atoms with Gasteiger partial charge in [-0.2, -0.15) is 0 Å². The largest absolute Gasteiger partial charge is 0.347 e. The summed E-state index contributed by atoms with van der Waals surface area (Å²) < 4.78 is 0. The fraction of sp³-hybridized carbons (Fsp3) is 0.308. The lowest BCUT2D eigenvalue weighted by atomic mass is 10.0. The summed E-state index contributed by atoms with van der Waals surface area (Å²) in [4.78, 5) is 7.45. The Hall–Kier alpha value is -1.61. The summed E-state index contributed by atoms with van der Waals surface area (Å²) in [6, 6.07) is 8.71. The van der Waals surface area contributed by atoms with Gasteiger partial charge in [0, 0.05) is 12.4 Å². The minimum atomic E-state index is 0.246. The van der Waals surface area contributed by atoms with Gasteiger partial charge in [-0.25, -0.2) is 4.98 Å². The van der Waals surface area contributed by atoms with Crippen LogP contribution in [0.25, 0.3) is 0 Å². The van der Waals surface area contributed by atoms with E-state index in [-0.39, 0.29) is 6.04 Å². The summed E-state index contributed by atoms with van der Waals surface area (Å²) >= 11 is 0. The lowest BCUT2D eigenvalue weighted by Crippen LogP contribution is -2.20. The smallest absolute Gasteiger partial charge is 0.123 e. The SMILES string of the molecule is CNC(Cc1ccccc1C)c1ncc[nH]1. The van der Waals surface area contributed by atoms with Crippen LogP contribution in [0.4, 0.5) is 0 Å². The Morgan fingerprint density at radius 3 is 2.81 bits per heavy atom. The molecule has 1 unspecified atom stereocenters. The molecule has 0 saturated carbocycles. The standard InChI is InChI=1S/C13H17N3/c1-10-5-3-4-6-11(10)9-12(14-2)13-15-7-8-16-13/h3-8,12,14H,9H2,1-2H3,(H,15,16). The first-order valence-corrected chi connectivity index (χ1v) is 5.52. The van der Waals surface area contributed by atoms with E-state index in [1.807, 2.05) is 13.2 Å². The molecule has 2 aromatic rings. The fourth-order valence-electron chi connectivity index (χ4n) is 1.86. The number of hydrogen-bond donors (Lipinski definition) is 2. The molecule has 0 aliphatic heterocycles. The molecule has 1 atom stereocenters. The van der Waals surface area contributed by atoms with Crippen molar-refractivity contribution in [3.63, 3.8) is 0 Å². The molecule has 0 aliphatic rings. The number of H-pyrrole nitrogens is 1. The third-order valence-electron chi connectivity index (χ3n) is 2.88. The van der Waals surface area contributed by atoms with Crippen LogP contribution >= 0.6 is 0 Å². The van der Waals surface area contributed by atoms with Gasteiger partial charge >= 0.3 is 0 Å². The molecule has 0 radical (unpaired) electrons. The molecule has 2 rings (SSSR count). The van der Waals surface area contributed by atoms with Gasteiger partial charge in [0.1, 0.15) is 5.82 Å². The Kier molecular flexibility index (Phi) is 3.37. The van der Waals surface area contributed by atoms with Crippen LogP contribution in [0.5, 0.6) is 0 Å². The van der Waals surface area contributed by atoms with Crippen LogP contribution in [-0.4, -0.2) is 17.0 Å². The molecule has 1 aromatic carbocycles. The second-order valence-corrected chi connectivity index (χ2v) is 3.95. The van der Waals surface area contributed by atoms with Crippen molar-refractivity contribution >= 4 is 0 Å². The number of nitrogens with zero attached hydrogens (tertiary/aromatic N) is 1. The van der Waals surface area contributed by atoms with Crippen LogP contribution in [0.15, 0.2) is 36.7 Å². The maximum absolute atomic E-state index is 4.30. The molecule has 0 fully saturated rings. The third kappa shape index (κ3) is 2.31. The van der Waals surface area contributed by atoms with Crippen molar-refractivity contribution in [2.24, 2.45) is 0 Å². The topological polar surface area (TPSA) is 40.7 Å². The summed E-state index contributed by atoms with van der Waals surface area (Å²) in [6.07, 6.45) is 4.60. The van der Waals surface area contributed by atoms with E-state index in [9.17, 15) is 0 Å². The molecule has 0 saturated heterocycles. The third-order valence-corrected chi connectivity index (χ3v) is 2.88. The average Bonchev–Trinajstić information content (AvgIpc) is 2.81. The molecular formula is C13H17N3. The predicted molar refractivity (Wildman–Crippen MR) is 65.3 cm³/mol. The van der Waals surface area contributed by atoms with Crippen LogP contribution in [-0.2, 0) is 6.42 Å². The summed E-state index contributed by atoms with van der Waals surface area (Å²) in [5.74, 6) is 0.991. The summed E-state index contributed by atoms with van der Waals surface area (Å²) in [7, 11) is 1.96. The van der Waals surface area contributed by atoms with Crippen LogP contribution in [0, 0.1) is 6.92 Å². The number of hydrogen-bond acceptors (Lipinski definition) is 2. The highest BCUT2D eigenvalue weighted by Crippen LogP contribution is 2.17. The Morgan fingerprint density at radius 2 is 2.19 bits per heavy atom. The van der Waals surface area contributed by atoms with Gasteiger partial charge in [0.2, 0.25) is 0 Å². The van der Waals surface area contributed by atoms with Crippen LogP contribution in [0.1, 0.15) is 23.0 Å².